The fourth-order valence-corrected chi connectivity index (χ4v) is 6.28. The first-order valence-electron chi connectivity index (χ1n) is 12.8. The monoisotopic (exact) mass is 596 g/mol. The van der Waals surface area contributed by atoms with Crippen LogP contribution in [0.3, 0.4) is 0 Å². The van der Waals surface area contributed by atoms with Gasteiger partial charge in [-0.25, -0.2) is 4.90 Å². The molecule has 2 saturated heterocycles. The van der Waals surface area contributed by atoms with Crippen molar-refractivity contribution >= 4 is 45.0 Å². The third kappa shape index (κ3) is 3.72. The van der Waals surface area contributed by atoms with Crippen LogP contribution in [0.5, 0.6) is 11.5 Å². The van der Waals surface area contributed by atoms with Crippen molar-refractivity contribution < 1.29 is 28.7 Å². The summed E-state index contributed by atoms with van der Waals surface area (Å²) in [6.45, 7) is 0.0576. The molecule has 198 valence electrons. The number of carbonyl (C=O) groups excluding carboxylic acids is 4. The SMILES string of the molecule is O=C(C1=C[C@@H]2[C@@H]3C(=O)N(c4ccc5c(c4)OCO5)C(=O)[C@@H]3[C@H](C(=O)c3ccc(Br)cc3)N2C=C1)c1ccccc1. The number of hydrogen-bond acceptors (Lipinski definition) is 7. The van der Waals surface area contributed by atoms with Crippen molar-refractivity contribution in [2.24, 2.45) is 11.8 Å². The molecule has 9 heteroatoms. The van der Waals surface area contributed by atoms with Crippen LogP contribution in [-0.4, -0.2) is 47.2 Å². The van der Waals surface area contributed by atoms with Gasteiger partial charge in [-0.05, 0) is 30.3 Å². The van der Waals surface area contributed by atoms with Gasteiger partial charge in [0, 0.05) is 33.4 Å². The Bertz CT molecular complexity index is 1650. The van der Waals surface area contributed by atoms with E-state index < -0.39 is 35.7 Å². The molecular weight excluding hydrogens is 576 g/mol. The van der Waals surface area contributed by atoms with Gasteiger partial charge in [-0.2, -0.15) is 0 Å². The molecule has 4 aliphatic rings. The summed E-state index contributed by atoms with van der Waals surface area (Å²) in [4.78, 5) is 58.1. The van der Waals surface area contributed by atoms with Crippen LogP contribution in [0.15, 0.2) is 101 Å². The molecule has 3 aromatic carbocycles. The molecule has 40 heavy (non-hydrogen) atoms. The third-order valence-electron chi connectivity index (χ3n) is 7.86. The van der Waals surface area contributed by atoms with Crippen LogP contribution in [0.1, 0.15) is 20.7 Å². The number of nitrogens with zero attached hydrogens (tertiary/aromatic N) is 2. The number of amides is 2. The minimum atomic E-state index is -0.939. The molecule has 7 rings (SSSR count). The van der Waals surface area contributed by atoms with Gasteiger partial charge in [0.25, 0.3) is 0 Å². The van der Waals surface area contributed by atoms with Gasteiger partial charge in [0.2, 0.25) is 18.6 Å². The maximum Gasteiger partial charge on any atom is 0.240 e. The standard InChI is InChI=1S/C31H21BrN2O6/c32-20-8-6-18(7-9-20)29(36)27-26-25(22-14-19(12-13-33(22)27)28(35)17-4-2-1-3-5-17)30(37)34(31(26)38)21-10-11-23-24(15-21)40-16-39-23/h1-15,22,25-27H,16H2/t22-,25+,26+,27-/m1/s1. The molecular formula is C31H21BrN2O6. The van der Waals surface area contributed by atoms with E-state index in [9.17, 15) is 19.2 Å². The summed E-state index contributed by atoms with van der Waals surface area (Å²) >= 11 is 3.39. The van der Waals surface area contributed by atoms with Crippen molar-refractivity contribution in [1.82, 2.24) is 4.90 Å². The number of imide groups is 1. The summed E-state index contributed by atoms with van der Waals surface area (Å²) in [7, 11) is 0. The number of halogens is 1. The molecule has 0 saturated carbocycles. The molecule has 4 heterocycles. The van der Waals surface area contributed by atoms with Crippen LogP contribution in [0.4, 0.5) is 5.69 Å². The van der Waals surface area contributed by atoms with Crippen molar-refractivity contribution in [3.05, 3.63) is 112 Å². The predicted molar refractivity (Wildman–Crippen MR) is 148 cm³/mol. The first-order chi connectivity index (χ1) is 19.4. The highest BCUT2D eigenvalue weighted by atomic mass is 79.9. The molecule has 4 aliphatic heterocycles. The molecule has 2 fully saturated rings. The maximum absolute atomic E-state index is 14.0. The Labute approximate surface area is 237 Å². The Kier molecular flexibility index (Phi) is 5.71. The fourth-order valence-electron chi connectivity index (χ4n) is 6.02. The topological polar surface area (TPSA) is 93.2 Å². The lowest BCUT2D eigenvalue weighted by Gasteiger charge is -2.32. The van der Waals surface area contributed by atoms with Gasteiger partial charge >= 0.3 is 0 Å². The molecule has 2 amide bonds. The minimum Gasteiger partial charge on any atom is -0.454 e. The largest absolute Gasteiger partial charge is 0.454 e. The van der Waals surface area contributed by atoms with E-state index in [-0.39, 0.29) is 18.4 Å². The lowest BCUT2D eigenvalue weighted by Crippen LogP contribution is -2.46. The van der Waals surface area contributed by atoms with Crippen molar-refractivity contribution in [2.75, 3.05) is 11.7 Å². The molecule has 0 aromatic heterocycles. The second-order valence-electron chi connectivity index (χ2n) is 9.99. The predicted octanol–water partition coefficient (Wildman–Crippen LogP) is 4.56. The average molecular weight is 597 g/mol. The molecule has 0 radical (unpaired) electrons. The van der Waals surface area contributed by atoms with Gasteiger partial charge in [0.1, 0.15) is 6.04 Å². The molecule has 0 bridgehead atoms. The van der Waals surface area contributed by atoms with Crippen LogP contribution in [0.25, 0.3) is 0 Å². The van der Waals surface area contributed by atoms with E-state index in [0.717, 1.165) is 9.37 Å². The van der Waals surface area contributed by atoms with E-state index in [4.69, 9.17) is 9.47 Å². The highest BCUT2D eigenvalue weighted by Crippen LogP contribution is 2.48. The van der Waals surface area contributed by atoms with Gasteiger partial charge in [0.05, 0.1) is 23.6 Å². The summed E-state index contributed by atoms with van der Waals surface area (Å²) < 4.78 is 11.7. The third-order valence-corrected chi connectivity index (χ3v) is 8.39. The van der Waals surface area contributed by atoms with Gasteiger partial charge in [-0.3, -0.25) is 19.2 Å². The van der Waals surface area contributed by atoms with E-state index >= 15 is 0 Å². The Hall–Kier alpha value is -4.50. The first kappa shape index (κ1) is 24.5. The van der Waals surface area contributed by atoms with Crippen LogP contribution in [0.2, 0.25) is 0 Å². The number of rotatable bonds is 5. The van der Waals surface area contributed by atoms with Gasteiger partial charge in [-0.1, -0.05) is 64.5 Å². The quantitative estimate of drug-likeness (QED) is 0.315. The smallest absolute Gasteiger partial charge is 0.240 e. The molecule has 8 nitrogen and oxygen atoms in total. The van der Waals surface area contributed by atoms with Gasteiger partial charge < -0.3 is 14.4 Å². The summed E-state index contributed by atoms with van der Waals surface area (Å²) in [5.41, 5.74) is 1.70. The van der Waals surface area contributed by atoms with Crippen LogP contribution in [-0.2, 0) is 9.59 Å². The van der Waals surface area contributed by atoms with Crippen molar-refractivity contribution in [1.29, 1.82) is 0 Å². The molecule has 4 atom stereocenters. The molecule has 3 aromatic rings. The lowest BCUT2D eigenvalue weighted by atomic mass is 9.85. The Balaban J connectivity index is 1.30. The fraction of sp³-hybridized carbons (Fsp3) is 0.161. The number of benzene rings is 3. The summed E-state index contributed by atoms with van der Waals surface area (Å²) in [5, 5.41) is 0. The van der Waals surface area contributed by atoms with E-state index in [1.807, 2.05) is 6.07 Å². The lowest BCUT2D eigenvalue weighted by molar-refractivity contribution is -0.123. The zero-order chi connectivity index (χ0) is 27.5. The summed E-state index contributed by atoms with van der Waals surface area (Å²) in [6.07, 6.45) is 5.04. The van der Waals surface area contributed by atoms with Gasteiger partial charge in [0.15, 0.2) is 23.1 Å². The number of fused-ring (bicyclic) bond motifs is 4. The number of Topliss-reactive ketones (excluding diaryl/α,β-unsaturated/α-hetero) is 2. The zero-order valence-electron chi connectivity index (χ0n) is 20.9. The summed E-state index contributed by atoms with van der Waals surface area (Å²) in [6, 6.07) is 19.1. The zero-order valence-corrected chi connectivity index (χ0v) is 22.5. The number of hydrogen-bond donors (Lipinski definition) is 0. The van der Waals surface area contributed by atoms with Crippen molar-refractivity contribution in [3.8, 4) is 11.5 Å². The Morgan fingerprint density at radius 2 is 1.55 bits per heavy atom. The molecule has 0 N–H and O–H groups in total. The number of ketones is 2. The summed E-state index contributed by atoms with van der Waals surface area (Å²) in [5.74, 6) is -2.17. The molecule has 0 spiro atoms. The number of allylic oxidation sites excluding steroid dienone is 2. The number of anilines is 1. The van der Waals surface area contributed by atoms with Crippen molar-refractivity contribution in [2.45, 2.75) is 12.1 Å². The molecule has 0 unspecified atom stereocenters. The second kappa shape index (κ2) is 9.31. The van der Waals surface area contributed by atoms with E-state index in [1.54, 1.807) is 90.0 Å². The number of ether oxygens (including phenoxy) is 2. The average Bonchev–Trinajstić information content (AvgIpc) is 3.65. The van der Waals surface area contributed by atoms with Crippen LogP contribution >= 0.6 is 15.9 Å². The normalized spacial score (nSPS) is 24.2. The first-order valence-corrected chi connectivity index (χ1v) is 13.6. The maximum atomic E-state index is 14.0. The van der Waals surface area contributed by atoms with E-state index in [0.29, 0.717) is 33.9 Å². The Morgan fingerprint density at radius 1 is 0.825 bits per heavy atom. The van der Waals surface area contributed by atoms with Gasteiger partial charge in [-0.15, -0.1) is 0 Å². The highest BCUT2D eigenvalue weighted by Gasteiger charge is 2.63. The number of carbonyl (C=O) groups is 4. The van der Waals surface area contributed by atoms with Crippen molar-refractivity contribution in [3.63, 3.8) is 0 Å². The van der Waals surface area contributed by atoms with E-state index in [2.05, 4.69) is 15.9 Å². The van der Waals surface area contributed by atoms with Crippen LogP contribution < -0.4 is 14.4 Å². The van der Waals surface area contributed by atoms with E-state index in [1.165, 1.54) is 0 Å². The second-order valence-corrected chi connectivity index (χ2v) is 10.9. The Morgan fingerprint density at radius 3 is 2.33 bits per heavy atom. The molecule has 0 aliphatic carbocycles. The minimum absolute atomic E-state index is 0.0576. The highest BCUT2D eigenvalue weighted by molar-refractivity contribution is 9.10. The van der Waals surface area contributed by atoms with Crippen LogP contribution in [0, 0.1) is 11.8 Å².